The highest BCUT2D eigenvalue weighted by Gasteiger charge is 2.34. The molecule has 0 spiro atoms. The molecule has 0 bridgehead atoms. The van der Waals surface area contributed by atoms with Gasteiger partial charge in [0.2, 0.25) is 0 Å². The molecule has 0 atom stereocenters. The van der Waals surface area contributed by atoms with E-state index in [0.29, 0.717) is 0 Å². The first-order valence-electron chi connectivity index (χ1n) is 12.6. The van der Waals surface area contributed by atoms with Crippen LogP contribution in [-0.4, -0.2) is 32.1 Å². The van der Waals surface area contributed by atoms with Crippen molar-refractivity contribution in [3.05, 3.63) is 75.8 Å². The van der Waals surface area contributed by atoms with Gasteiger partial charge >= 0.3 is 0 Å². The maximum absolute atomic E-state index is 13.3. The summed E-state index contributed by atoms with van der Waals surface area (Å²) >= 11 is 0. The van der Waals surface area contributed by atoms with Crippen molar-refractivity contribution < 1.29 is 4.79 Å². The fraction of sp³-hybridized carbons (Fsp3) is 0.367. The summed E-state index contributed by atoms with van der Waals surface area (Å²) in [5.74, 6) is -0.300. The second-order valence-corrected chi connectivity index (χ2v) is 9.74. The van der Waals surface area contributed by atoms with Gasteiger partial charge in [-0.2, -0.15) is 0 Å². The molecule has 2 aliphatic rings. The van der Waals surface area contributed by atoms with Gasteiger partial charge in [0.05, 0.1) is 11.3 Å². The second kappa shape index (κ2) is 9.27. The van der Waals surface area contributed by atoms with Gasteiger partial charge in [0, 0.05) is 31.7 Å². The molecule has 4 nitrogen and oxygen atoms in total. The zero-order chi connectivity index (χ0) is 23.8. The number of nitrogens with zero attached hydrogens (tertiary/aromatic N) is 1. The number of amides is 1. The predicted molar refractivity (Wildman–Crippen MR) is 142 cm³/mol. The summed E-state index contributed by atoms with van der Waals surface area (Å²) in [4.78, 5) is 15.7. The fourth-order valence-corrected chi connectivity index (χ4v) is 5.99. The van der Waals surface area contributed by atoms with E-state index < -0.39 is 0 Å². The quantitative estimate of drug-likeness (QED) is 0.411. The first-order valence-corrected chi connectivity index (χ1v) is 12.6. The standard InChI is InChI=1S/C30H35N3O/c1-4-5-12-23-24-18-21-11-6-7-13-22(21)26(24)28(25-19(2)9-8-10-20(25)3)29(27(23)30(31)34)33-16-14-32-15-17-33/h6-11,13,32H,4-5,12,14-18H2,1-3H3,(H2,31,34). The van der Waals surface area contributed by atoms with E-state index in [4.69, 9.17) is 5.73 Å². The maximum atomic E-state index is 13.3. The lowest BCUT2D eigenvalue weighted by molar-refractivity contribution is 0.0999. The molecule has 3 aromatic carbocycles. The molecule has 3 N–H and O–H groups in total. The van der Waals surface area contributed by atoms with Gasteiger partial charge in [0.25, 0.3) is 5.91 Å². The van der Waals surface area contributed by atoms with Gasteiger partial charge in [-0.3, -0.25) is 4.79 Å². The third-order valence-corrected chi connectivity index (χ3v) is 7.54. The van der Waals surface area contributed by atoms with Crippen molar-refractivity contribution in [2.75, 3.05) is 31.1 Å². The minimum absolute atomic E-state index is 0.300. The summed E-state index contributed by atoms with van der Waals surface area (Å²) in [6.45, 7) is 10.1. The molecule has 1 aliphatic carbocycles. The third-order valence-electron chi connectivity index (χ3n) is 7.54. The van der Waals surface area contributed by atoms with Crippen LogP contribution in [-0.2, 0) is 12.8 Å². The minimum atomic E-state index is -0.300. The van der Waals surface area contributed by atoms with E-state index in [-0.39, 0.29) is 5.91 Å². The number of aryl methyl sites for hydroxylation is 2. The molecular formula is C30H35N3O. The lowest BCUT2D eigenvalue weighted by Crippen LogP contribution is -2.44. The Kier molecular flexibility index (Phi) is 6.18. The molecule has 1 aliphatic heterocycles. The minimum Gasteiger partial charge on any atom is -0.368 e. The first-order chi connectivity index (χ1) is 16.5. The number of hydrogen-bond acceptors (Lipinski definition) is 3. The molecule has 3 aromatic rings. The predicted octanol–water partition coefficient (Wildman–Crippen LogP) is 5.39. The van der Waals surface area contributed by atoms with Crippen LogP contribution in [0.1, 0.15) is 57.9 Å². The van der Waals surface area contributed by atoms with E-state index >= 15 is 0 Å². The Morgan fingerprint density at radius 3 is 2.35 bits per heavy atom. The van der Waals surface area contributed by atoms with E-state index in [1.165, 1.54) is 50.1 Å². The number of rotatable bonds is 6. The number of piperazine rings is 1. The number of carbonyl (C=O) groups excluding carboxylic acids is 1. The lowest BCUT2D eigenvalue weighted by atomic mass is 9.81. The molecule has 1 fully saturated rings. The van der Waals surface area contributed by atoms with Crippen LogP contribution >= 0.6 is 0 Å². The Balaban J connectivity index is 1.95. The van der Waals surface area contributed by atoms with Crippen molar-refractivity contribution in [3.63, 3.8) is 0 Å². The molecule has 0 radical (unpaired) electrons. The van der Waals surface area contributed by atoms with Gasteiger partial charge in [-0.15, -0.1) is 0 Å². The van der Waals surface area contributed by atoms with Crippen LogP contribution in [0.15, 0.2) is 42.5 Å². The van der Waals surface area contributed by atoms with Gasteiger partial charge in [0.15, 0.2) is 0 Å². The van der Waals surface area contributed by atoms with Gasteiger partial charge in [-0.05, 0) is 77.6 Å². The summed E-state index contributed by atoms with van der Waals surface area (Å²) < 4.78 is 0. The highest BCUT2D eigenvalue weighted by Crippen LogP contribution is 2.52. The van der Waals surface area contributed by atoms with Crippen molar-refractivity contribution in [1.29, 1.82) is 0 Å². The highest BCUT2D eigenvalue weighted by atomic mass is 16.1. The van der Waals surface area contributed by atoms with Gasteiger partial charge in [0.1, 0.15) is 0 Å². The van der Waals surface area contributed by atoms with Crippen molar-refractivity contribution >= 4 is 11.6 Å². The average Bonchev–Trinajstić information content (AvgIpc) is 3.22. The number of primary amides is 1. The maximum Gasteiger partial charge on any atom is 0.251 e. The molecule has 34 heavy (non-hydrogen) atoms. The van der Waals surface area contributed by atoms with Crippen LogP contribution in [0.3, 0.4) is 0 Å². The van der Waals surface area contributed by atoms with Crippen LogP contribution in [0.25, 0.3) is 22.3 Å². The summed E-state index contributed by atoms with van der Waals surface area (Å²) in [6, 6.07) is 15.3. The Morgan fingerprint density at radius 1 is 0.971 bits per heavy atom. The van der Waals surface area contributed by atoms with Crippen LogP contribution in [0, 0.1) is 13.8 Å². The molecule has 4 heteroatoms. The number of benzene rings is 3. The average molecular weight is 454 g/mol. The zero-order valence-electron chi connectivity index (χ0n) is 20.6. The number of nitrogens with two attached hydrogens (primary N) is 1. The number of fused-ring (bicyclic) bond motifs is 3. The Labute approximate surface area is 203 Å². The number of nitrogens with one attached hydrogen (secondary N) is 1. The van der Waals surface area contributed by atoms with Gasteiger partial charge in [-0.1, -0.05) is 55.8 Å². The van der Waals surface area contributed by atoms with E-state index in [1.54, 1.807) is 0 Å². The lowest BCUT2D eigenvalue weighted by Gasteiger charge is -2.35. The van der Waals surface area contributed by atoms with Crippen LogP contribution < -0.4 is 16.0 Å². The Bertz CT molecular complexity index is 1230. The highest BCUT2D eigenvalue weighted by molar-refractivity contribution is 6.10. The van der Waals surface area contributed by atoms with E-state index in [1.807, 2.05) is 0 Å². The molecule has 0 saturated carbocycles. The zero-order valence-corrected chi connectivity index (χ0v) is 20.6. The van der Waals surface area contributed by atoms with Crippen molar-refractivity contribution in [2.45, 2.75) is 46.5 Å². The molecule has 1 heterocycles. The van der Waals surface area contributed by atoms with Gasteiger partial charge in [-0.25, -0.2) is 0 Å². The Hall–Kier alpha value is -3.11. The topological polar surface area (TPSA) is 58.4 Å². The van der Waals surface area contributed by atoms with E-state index in [0.717, 1.165) is 63.1 Å². The van der Waals surface area contributed by atoms with Crippen LogP contribution in [0.4, 0.5) is 5.69 Å². The first kappa shape index (κ1) is 22.7. The summed E-state index contributed by atoms with van der Waals surface area (Å²) in [5.41, 5.74) is 19.4. The van der Waals surface area contributed by atoms with Crippen molar-refractivity contribution in [1.82, 2.24) is 5.32 Å². The Morgan fingerprint density at radius 2 is 1.68 bits per heavy atom. The van der Waals surface area contributed by atoms with Crippen molar-refractivity contribution in [3.8, 4) is 22.3 Å². The molecular weight excluding hydrogens is 418 g/mol. The van der Waals surface area contributed by atoms with E-state index in [2.05, 4.69) is 73.5 Å². The molecule has 5 rings (SSSR count). The van der Waals surface area contributed by atoms with Crippen LogP contribution in [0.2, 0.25) is 0 Å². The number of hydrogen-bond donors (Lipinski definition) is 2. The number of unbranched alkanes of at least 4 members (excludes halogenated alkanes) is 1. The second-order valence-electron chi connectivity index (χ2n) is 9.74. The normalized spacial score (nSPS) is 14.7. The summed E-state index contributed by atoms with van der Waals surface area (Å²) in [6.07, 6.45) is 3.89. The van der Waals surface area contributed by atoms with Gasteiger partial charge < -0.3 is 16.0 Å². The molecule has 176 valence electrons. The van der Waals surface area contributed by atoms with E-state index in [9.17, 15) is 4.79 Å². The summed E-state index contributed by atoms with van der Waals surface area (Å²) in [5, 5.41) is 3.47. The number of anilines is 1. The molecule has 1 amide bonds. The largest absolute Gasteiger partial charge is 0.368 e. The smallest absolute Gasteiger partial charge is 0.251 e. The molecule has 1 saturated heterocycles. The molecule has 0 unspecified atom stereocenters. The fourth-order valence-electron chi connectivity index (χ4n) is 5.99. The molecule has 0 aromatic heterocycles. The van der Waals surface area contributed by atoms with Crippen LogP contribution in [0.5, 0.6) is 0 Å². The van der Waals surface area contributed by atoms with Crippen molar-refractivity contribution in [2.24, 2.45) is 5.73 Å². The monoisotopic (exact) mass is 453 g/mol. The summed E-state index contributed by atoms with van der Waals surface area (Å²) in [7, 11) is 0. The number of carbonyl (C=O) groups is 1. The third kappa shape index (κ3) is 3.70. The SMILES string of the molecule is CCCCc1c2c(c(-c3c(C)cccc3C)c(N3CCNCC3)c1C(N)=O)-c1ccccc1C2.